The van der Waals surface area contributed by atoms with Gasteiger partial charge in [-0.3, -0.25) is 14.9 Å². The highest BCUT2D eigenvalue weighted by atomic mass is 16.6. The van der Waals surface area contributed by atoms with Gasteiger partial charge in [0.15, 0.2) is 11.7 Å². The second-order valence-corrected chi connectivity index (χ2v) is 4.45. The number of nitrogens with one attached hydrogen (secondary N) is 1. The molecule has 0 amide bonds. The van der Waals surface area contributed by atoms with Crippen LogP contribution < -0.4 is 5.32 Å². The summed E-state index contributed by atoms with van der Waals surface area (Å²) >= 11 is 0. The van der Waals surface area contributed by atoms with Gasteiger partial charge >= 0.3 is 5.97 Å². The highest BCUT2D eigenvalue weighted by Gasteiger charge is 2.38. The maximum atomic E-state index is 12.0. The number of esters is 1. The van der Waals surface area contributed by atoms with Crippen LogP contribution in [0.25, 0.3) is 0 Å². The lowest BCUT2D eigenvalue weighted by Crippen LogP contribution is -2.20. The molecule has 0 radical (unpaired) electrons. The summed E-state index contributed by atoms with van der Waals surface area (Å²) in [6.07, 6.45) is -0.857. The fourth-order valence-electron chi connectivity index (χ4n) is 1.95. The molecule has 2 rings (SSSR count). The van der Waals surface area contributed by atoms with Crippen molar-refractivity contribution in [1.82, 2.24) is 0 Å². The molecule has 8 heteroatoms. The number of carbonyl (C=O) groups excluding carboxylic acids is 2. The number of anilines is 1. The Bertz CT molecular complexity index is 667. The van der Waals surface area contributed by atoms with E-state index in [1.165, 1.54) is 25.1 Å². The summed E-state index contributed by atoms with van der Waals surface area (Å²) in [5.74, 6) is -1.48. The smallest absolute Gasteiger partial charge is 0.347 e. The van der Waals surface area contributed by atoms with Gasteiger partial charge < -0.3 is 14.8 Å². The van der Waals surface area contributed by atoms with Gasteiger partial charge in [0, 0.05) is 6.07 Å². The van der Waals surface area contributed by atoms with Crippen LogP contribution >= 0.6 is 0 Å². The van der Waals surface area contributed by atoms with E-state index in [1.54, 1.807) is 13.0 Å². The maximum Gasteiger partial charge on any atom is 0.347 e. The standard InChI is InChI=1S/C14H14N2O6/c1-3-21-14(18)11-12(17)8(2)22-13(11)15-9-6-4-5-7-10(9)16(19)20/h4-8,15H,3H2,1-2H3. The molecule has 1 aliphatic heterocycles. The molecule has 0 aromatic heterocycles. The number of rotatable bonds is 5. The van der Waals surface area contributed by atoms with Gasteiger partial charge in [0.25, 0.3) is 5.69 Å². The van der Waals surface area contributed by atoms with Crippen LogP contribution in [0.5, 0.6) is 0 Å². The summed E-state index contributed by atoms with van der Waals surface area (Å²) < 4.78 is 10.1. The predicted octanol–water partition coefficient (Wildman–Crippen LogP) is 1.77. The first-order valence-corrected chi connectivity index (χ1v) is 6.58. The zero-order valence-electron chi connectivity index (χ0n) is 12.0. The molecule has 1 aromatic carbocycles. The summed E-state index contributed by atoms with van der Waals surface area (Å²) in [4.78, 5) is 34.3. The third kappa shape index (κ3) is 2.90. The van der Waals surface area contributed by atoms with Gasteiger partial charge in [0.2, 0.25) is 11.7 Å². The van der Waals surface area contributed by atoms with E-state index in [9.17, 15) is 19.7 Å². The first-order valence-electron chi connectivity index (χ1n) is 6.58. The molecule has 1 unspecified atom stereocenters. The van der Waals surface area contributed by atoms with Crippen LogP contribution in [0.4, 0.5) is 11.4 Å². The van der Waals surface area contributed by atoms with Crippen LogP contribution in [-0.2, 0) is 19.1 Å². The average Bonchev–Trinajstić information content (AvgIpc) is 2.74. The largest absolute Gasteiger partial charge is 0.467 e. The first-order chi connectivity index (χ1) is 10.5. The van der Waals surface area contributed by atoms with Gasteiger partial charge in [-0.1, -0.05) is 12.1 Å². The molecule has 1 aliphatic rings. The van der Waals surface area contributed by atoms with Gasteiger partial charge in [-0.2, -0.15) is 0 Å². The van der Waals surface area contributed by atoms with Gasteiger partial charge in [-0.25, -0.2) is 4.79 Å². The number of carbonyl (C=O) groups is 2. The van der Waals surface area contributed by atoms with Gasteiger partial charge in [0.1, 0.15) is 5.69 Å². The van der Waals surface area contributed by atoms with Crippen LogP contribution in [0.1, 0.15) is 13.8 Å². The third-order valence-electron chi connectivity index (χ3n) is 2.97. The van der Waals surface area contributed by atoms with E-state index in [4.69, 9.17) is 9.47 Å². The molecule has 0 bridgehead atoms. The predicted molar refractivity (Wildman–Crippen MR) is 75.9 cm³/mol. The quantitative estimate of drug-likeness (QED) is 0.382. The lowest BCUT2D eigenvalue weighted by molar-refractivity contribution is -0.384. The van der Waals surface area contributed by atoms with Crippen molar-refractivity contribution in [3.05, 3.63) is 45.8 Å². The van der Waals surface area contributed by atoms with Crippen LogP contribution in [0.15, 0.2) is 35.7 Å². The molecule has 0 spiro atoms. The second kappa shape index (κ2) is 6.25. The van der Waals surface area contributed by atoms with Crippen LogP contribution in [0, 0.1) is 10.1 Å². The number of benzene rings is 1. The average molecular weight is 306 g/mol. The molecule has 1 N–H and O–H groups in total. The number of ketones is 1. The summed E-state index contributed by atoms with van der Waals surface area (Å²) in [6.45, 7) is 3.19. The van der Waals surface area contributed by atoms with Gasteiger partial charge in [0.05, 0.1) is 11.5 Å². The topological polar surface area (TPSA) is 108 Å². The monoisotopic (exact) mass is 306 g/mol. The number of hydrogen-bond acceptors (Lipinski definition) is 7. The molecule has 1 heterocycles. The zero-order valence-corrected chi connectivity index (χ0v) is 12.0. The normalized spacial score (nSPS) is 17.2. The summed E-state index contributed by atoms with van der Waals surface area (Å²) in [5.41, 5.74) is -0.354. The molecule has 1 atom stereocenters. The SMILES string of the molecule is CCOC(=O)C1=C(Nc2ccccc2[N+](=O)[O-])OC(C)C1=O. The lowest BCUT2D eigenvalue weighted by atomic mass is 10.1. The summed E-state index contributed by atoms with van der Waals surface area (Å²) in [7, 11) is 0. The molecule has 1 aromatic rings. The van der Waals surface area contributed by atoms with Crippen LogP contribution in [0.3, 0.4) is 0 Å². The van der Waals surface area contributed by atoms with Gasteiger partial charge in [-0.05, 0) is 19.9 Å². The Morgan fingerprint density at radius 1 is 1.45 bits per heavy atom. The number of nitrogens with zero attached hydrogens (tertiary/aromatic N) is 1. The highest BCUT2D eigenvalue weighted by molar-refractivity contribution is 6.20. The van der Waals surface area contributed by atoms with E-state index in [0.29, 0.717) is 0 Å². The Morgan fingerprint density at radius 3 is 2.77 bits per heavy atom. The molecule has 8 nitrogen and oxygen atoms in total. The van der Waals surface area contributed by atoms with E-state index in [1.807, 2.05) is 0 Å². The van der Waals surface area contributed by atoms with Crippen molar-refractivity contribution >= 4 is 23.1 Å². The minimum Gasteiger partial charge on any atom is -0.467 e. The van der Waals surface area contributed by atoms with Crippen molar-refractivity contribution in [2.45, 2.75) is 20.0 Å². The Balaban J connectivity index is 2.39. The van der Waals surface area contributed by atoms with Crippen LogP contribution in [-0.4, -0.2) is 29.4 Å². The molecular weight excluding hydrogens is 292 g/mol. The highest BCUT2D eigenvalue weighted by Crippen LogP contribution is 2.29. The van der Waals surface area contributed by atoms with Crippen molar-refractivity contribution in [3.63, 3.8) is 0 Å². The number of ether oxygens (including phenoxy) is 2. The molecular formula is C14H14N2O6. The van der Waals surface area contributed by atoms with Crippen LogP contribution in [0.2, 0.25) is 0 Å². The third-order valence-corrected chi connectivity index (χ3v) is 2.97. The number of nitro benzene ring substituents is 1. The summed E-state index contributed by atoms with van der Waals surface area (Å²) in [5, 5.41) is 13.6. The molecule has 0 aliphatic carbocycles. The van der Waals surface area contributed by atoms with E-state index >= 15 is 0 Å². The molecule has 0 saturated heterocycles. The van der Waals surface area contributed by atoms with Crippen molar-refractivity contribution in [3.8, 4) is 0 Å². The maximum absolute atomic E-state index is 12.0. The number of nitro groups is 1. The van der Waals surface area contributed by atoms with Crippen molar-refractivity contribution in [1.29, 1.82) is 0 Å². The Hall–Kier alpha value is -2.90. The molecule has 0 fully saturated rings. The summed E-state index contributed by atoms with van der Waals surface area (Å²) in [6, 6.07) is 5.84. The molecule has 0 saturated carbocycles. The molecule has 116 valence electrons. The Kier molecular flexibility index (Phi) is 4.40. The molecule has 22 heavy (non-hydrogen) atoms. The fraction of sp³-hybridized carbons (Fsp3) is 0.286. The van der Waals surface area contributed by atoms with Crippen molar-refractivity contribution < 1.29 is 24.0 Å². The van der Waals surface area contributed by atoms with Crippen molar-refractivity contribution in [2.75, 3.05) is 11.9 Å². The zero-order chi connectivity index (χ0) is 16.3. The number of para-hydroxylation sites is 2. The lowest BCUT2D eigenvalue weighted by Gasteiger charge is -2.10. The minimum atomic E-state index is -0.857. The number of hydrogen-bond donors (Lipinski definition) is 1. The number of Topliss-reactive ketones (excluding diaryl/α,β-unsaturated/α-hetero) is 1. The van der Waals surface area contributed by atoms with E-state index in [0.717, 1.165) is 0 Å². The fourth-order valence-corrected chi connectivity index (χ4v) is 1.95. The first kappa shape index (κ1) is 15.5. The van der Waals surface area contributed by atoms with Crippen molar-refractivity contribution in [2.24, 2.45) is 0 Å². The van der Waals surface area contributed by atoms with Gasteiger partial charge in [-0.15, -0.1) is 0 Å². The van der Waals surface area contributed by atoms with E-state index < -0.39 is 22.8 Å². The second-order valence-electron chi connectivity index (χ2n) is 4.45. The Labute approximate surface area is 125 Å². The Morgan fingerprint density at radius 2 is 2.14 bits per heavy atom. The van der Waals surface area contributed by atoms with E-state index in [-0.39, 0.29) is 29.4 Å². The minimum absolute atomic E-state index is 0.1000. The van der Waals surface area contributed by atoms with E-state index in [2.05, 4.69) is 5.32 Å².